The van der Waals surface area contributed by atoms with E-state index in [1.54, 1.807) is 13.0 Å². The van der Waals surface area contributed by atoms with E-state index in [9.17, 15) is 9.90 Å². The minimum atomic E-state index is -0.575. The van der Waals surface area contributed by atoms with E-state index in [0.29, 0.717) is 6.54 Å². The summed E-state index contributed by atoms with van der Waals surface area (Å²) in [7, 11) is 0. The fourth-order valence-electron chi connectivity index (χ4n) is 1.29. The van der Waals surface area contributed by atoms with E-state index in [1.807, 2.05) is 0 Å². The lowest BCUT2D eigenvalue weighted by Crippen LogP contribution is -3.12. The van der Waals surface area contributed by atoms with Crippen molar-refractivity contribution in [3.05, 3.63) is 12.2 Å². The molecule has 0 aliphatic carbocycles. The maximum atomic E-state index is 10.9. The molecular formula is C11H22ClNO3. The van der Waals surface area contributed by atoms with E-state index in [0.717, 1.165) is 13.1 Å². The van der Waals surface area contributed by atoms with Gasteiger partial charge >= 0.3 is 5.97 Å². The van der Waals surface area contributed by atoms with Crippen molar-refractivity contribution in [1.29, 1.82) is 0 Å². The smallest absolute Gasteiger partial charge is 0.330 e. The second-order valence-electron chi connectivity index (χ2n) is 3.45. The Balaban J connectivity index is 0. The summed E-state index contributed by atoms with van der Waals surface area (Å²) in [6, 6.07) is 0. The van der Waals surface area contributed by atoms with E-state index in [2.05, 4.69) is 13.8 Å². The van der Waals surface area contributed by atoms with Crippen LogP contribution in [0.1, 0.15) is 20.8 Å². The van der Waals surface area contributed by atoms with Gasteiger partial charge in [0, 0.05) is 6.08 Å². The zero-order valence-electron chi connectivity index (χ0n) is 10.2. The van der Waals surface area contributed by atoms with Crippen molar-refractivity contribution in [2.45, 2.75) is 26.9 Å². The third-order valence-electron chi connectivity index (χ3n) is 2.25. The number of ether oxygens (including phenoxy) is 1. The summed E-state index contributed by atoms with van der Waals surface area (Å²) >= 11 is 0. The van der Waals surface area contributed by atoms with Crippen molar-refractivity contribution in [2.24, 2.45) is 0 Å². The van der Waals surface area contributed by atoms with Gasteiger partial charge in [0.25, 0.3) is 0 Å². The second kappa shape index (κ2) is 10.9. The highest BCUT2D eigenvalue weighted by Crippen LogP contribution is 1.85. The average molecular weight is 252 g/mol. The van der Waals surface area contributed by atoms with Crippen molar-refractivity contribution < 1.29 is 31.9 Å². The fourth-order valence-corrected chi connectivity index (χ4v) is 1.29. The Morgan fingerprint density at radius 3 is 2.44 bits per heavy atom. The van der Waals surface area contributed by atoms with Gasteiger partial charge in [-0.05, 0) is 20.8 Å². The highest BCUT2D eigenvalue weighted by Gasteiger charge is 2.13. The summed E-state index contributed by atoms with van der Waals surface area (Å²) in [6.45, 7) is 8.52. The van der Waals surface area contributed by atoms with Gasteiger partial charge in [0.1, 0.15) is 19.3 Å². The van der Waals surface area contributed by atoms with E-state index in [-0.39, 0.29) is 19.0 Å². The molecule has 0 saturated carbocycles. The van der Waals surface area contributed by atoms with E-state index in [1.165, 1.54) is 11.0 Å². The van der Waals surface area contributed by atoms with Crippen molar-refractivity contribution in [3.63, 3.8) is 0 Å². The zero-order valence-corrected chi connectivity index (χ0v) is 11.0. The third-order valence-corrected chi connectivity index (χ3v) is 2.25. The first-order chi connectivity index (χ1) is 7.13. The van der Waals surface area contributed by atoms with Crippen LogP contribution >= 0.6 is 0 Å². The molecule has 0 aromatic rings. The first-order valence-corrected chi connectivity index (χ1v) is 5.45. The molecule has 1 atom stereocenters. The standard InChI is InChI=1S/C11H21NO3.ClH/c1-4-7-11(14)15-9-10(13)8-12(5-2)6-3;/h4,7,10,13H,5-6,8-9H2,1-3H3;1H. The minimum Gasteiger partial charge on any atom is -1.00 e. The molecule has 0 aliphatic heterocycles. The maximum absolute atomic E-state index is 10.9. The molecule has 0 heterocycles. The molecule has 0 amide bonds. The van der Waals surface area contributed by atoms with Crippen molar-refractivity contribution in [1.82, 2.24) is 0 Å². The summed E-state index contributed by atoms with van der Waals surface area (Å²) in [5.74, 6) is -0.397. The predicted octanol–water partition coefficient (Wildman–Crippen LogP) is -3.60. The number of likely N-dealkylation sites (N-methyl/N-ethyl adjacent to an activating group) is 1. The Hall–Kier alpha value is -0.580. The average Bonchev–Trinajstić information content (AvgIpc) is 2.23. The van der Waals surface area contributed by atoms with Gasteiger partial charge in [0.05, 0.1) is 13.1 Å². The van der Waals surface area contributed by atoms with Gasteiger partial charge in [-0.3, -0.25) is 0 Å². The molecule has 0 aromatic carbocycles. The number of quaternary nitrogens is 1. The van der Waals surface area contributed by atoms with Crippen molar-refractivity contribution in [2.75, 3.05) is 26.2 Å². The van der Waals surface area contributed by atoms with Crippen LogP contribution in [0.5, 0.6) is 0 Å². The highest BCUT2D eigenvalue weighted by atomic mass is 35.5. The molecule has 0 fully saturated rings. The fraction of sp³-hybridized carbons (Fsp3) is 0.727. The minimum absolute atomic E-state index is 0. The Morgan fingerprint density at radius 1 is 1.44 bits per heavy atom. The molecule has 1 unspecified atom stereocenters. The second-order valence-corrected chi connectivity index (χ2v) is 3.45. The number of nitrogens with one attached hydrogen (secondary N) is 1. The van der Waals surface area contributed by atoms with E-state index in [4.69, 9.17) is 4.74 Å². The molecule has 0 rings (SSSR count). The number of rotatable bonds is 7. The van der Waals surface area contributed by atoms with Crippen LogP contribution in [0.3, 0.4) is 0 Å². The zero-order chi connectivity index (χ0) is 11.7. The molecule has 0 aromatic heterocycles. The van der Waals surface area contributed by atoms with Crippen LogP contribution in [0.15, 0.2) is 12.2 Å². The molecule has 0 saturated heterocycles. The molecule has 5 heteroatoms. The molecule has 4 nitrogen and oxygen atoms in total. The molecule has 0 spiro atoms. The van der Waals surface area contributed by atoms with Gasteiger partial charge in [-0.2, -0.15) is 0 Å². The molecule has 2 N–H and O–H groups in total. The van der Waals surface area contributed by atoms with E-state index >= 15 is 0 Å². The third kappa shape index (κ3) is 8.71. The lowest BCUT2D eigenvalue weighted by atomic mass is 10.3. The van der Waals surface area contributed by atoms with Gasteiger partial charge in [0.2, 0.25) is 0 Å². The van der Waals surface area contributed by atoms with Crippen molar-refractivity contribution >= 4 is 5.97 Å². The number of aliphatic hydroxyl groups is 1. The van der Waals surface area contributed by atoms with Gasteiger partial charge in [0.15, 0.2) is 0 Å². The predicted molar refractivity (Wildman–Crippen MR) is 58.7 cm³/mol. The topological polar surface area (TPSA) is 51.0 Å². The Bertz CT molecular complexity index is 205. The SMILES string of the molecule is CC=CC(=O)OCC(O)C[NH+](CC)CC.[Cl-]. The number of hydrogen-bond acceptors (Lipinski definition) is 3. The number of allylic oxidation sites excluding steroid dienone is 1. The Labute approximate surface area is 104 Å². The normalized spacial score (nSPS) is 12.6. The number of carbonyl (C=O) groups excluding carboxylic acids is 1. The summed E-state index contributed by atoms with van der Waals surface area (Å²) < 4.78 is 4.85. The molecule has 16 heavy (non-hydrogen) atoms. The van der Waals surface area contributed by atoms with E-state index < -0.39 is 12.1 Å². The first-order valence-electron chi connectivity index (χ1n) is 5.45. The van der Waals surface area contributed by atoms with Crippen LogP contribution in [-0.4, -0.2) is 43.4 Å². The van der Waals surface area contributed by atoms with Gasteiger partial charge in [-0.1, -0.05) is 6.08 Å². The molecule has 0 bridgehead atoms. The van der Waals surface area contributed by atoms with Crippen LogP contribution < -0.4 is 17.3 Å². The molecular weight excluding hydrogens is 230 g/mol. The van der Waals surface area contributed by atoms with Crippen molar-refractivity contribution in [3.8, 4) is 0 Å². The number of aliphatic hydroxyl groups excluding tert-OH is 1. The van der Waals surface area contributed by atoms with Crippen LogP contribution in [0, 0.1) is 0 Å². The summed E-state index contributed by atoms with van der Waals surface area (Å²) in [5.41, 5.74) is 0. The molecule has 0 radical (unpaired) electrons. The molecule has 0 aliphatic rings. The summed E-state index contributed by atoms with van der Waals surface area (Å²) in [6.07, 6.45) is 2.38. The monoisotopic (exact) mass is 251 g/mol. The quantitative estimate of drug-likeness (QED) is 0.363. The van der Waals surface area contributed by atoms with Gasteiger partial charge in [-0.15, -0.1) is 0 Å². The maximum Gasteiger partial charge on any atom is 0.330 e. The number of esters is 1. The number of carbonyl (C=O) groups is 1. The van der Waals surface area contributed by atoms with Gasteiger partial charge in [-0.25, -0.2) is 4.79 Å². The van der Waals surface area contributed by atoms with Crippen LogP contribution in [-0.2, 0) is 9.53 Å². The first kappa shape index (κ1) is 17.8. The highest BCUT2D eigenvalue weighted by molar-refractivity contribution is 5.81. The van der Waals surface area contributed by atoms with Crippen LogP contribution in [0.2, 0.25) is 0 Å². The van der Waals surface area contributed by atoms with Gasteiger partial charge < -0.3 is 27.2 Å². The van der Waals surface area contributed by atoms with Crippen LogP contribution in [0.25, 0.3) is 0 Å². The Kier molecular flexibility index (Phi) is 12.2. The Morgan fingerprint density at radius 2 is 2.00 bits per heavy atom. The number of halogens is 1. The lowest BCUT2D eigenvalue weighted by Gasteiger charge is -2.18. The summed E-state index contributed by atoms with van der Waals surface area (Å²) in [4.78, 5) is 12.2. The lowest BCUT2D eigenvalue weighted by molar-refractivity contribution is -0.899. The largest absolute Gasteiger partial charge is 1.00 e. The number of hydrogen-bond donors (Lipinski definition) is 2. The summed E-state index contributed by atoms with van der Waals surface area (Å²) in [5, 5.41) is 9.58. The molecule has 96 valence electrons. The van der Waals surface area contributed by atoms with Crippen LogP contribution in [0.4, 0.5) is 0 Å².